The van der Waals surface area contributed by atoms with Crippen LogP contribution in [-0.2, 0) is 0 Å². The molecule has 0 heterocycles. The van der Waals surface area contributed by atoms with Crippen LogP contribution in [0, 0.1) is 11.3 Å². The van der Waals surface area contributed by atoms with Gasteiger partial charge in [-0.15, -0.1) is 0 Å². The minimum absolute atomic E-state index is 0.439. The molecule has 0 saturated carbocycles. The van der Waals surface area contributed by atoms with Gasteiger partial charge in [-0.3, -0.25) is 0 Å². The first kappa shape index (κ1) is 16.7. The molecule has 0 aliphatic rings. The summed E-state index contributed by atoms with van der Waals surface area (Å²) < 4.78 is 0. The molecular weight excluding hydrogens is 206 g/mol. The second-order valence-corrected chi connectivity index (χ2v) is 6.23. The Hall–Kier alpha value is -0.300. The highest BCUT2D eigenvalue weighted by molar-refractivity contribution is 5.01. The molecule has 0 amide bonds. The van der Waals surface area contributed by atoms with Crippen molar-refractivity contribution < 1.29 is 0 Å². The highest BCUT2D eigenvalue weighted by Crippen LogP contribution is 2.37. The van der Waals surface area contributed by atoms with Crippen LogP contribution >= 0.6 is 0 Å². The smallest absolute Gasteiger partial charge is 0.00773 e. The van der Waals surface area contributed by atoms with Crippen molar-refractivity contribution in [3.8, 4) is 0 Å². The minimum atomic E-state index is 0.439. The predicted molar refractivity (Wildman–Crippen MR) is 79.1 cm³/mol. The summed E-state index contributed by atoms with van der Waals surface area (Å²) in [5.74, 6) is 0.727. The Morgan fingerprint density at radius 3 is 2.29 bits per heavy atom. The number of rotatable bonds is 9. The zero-order valence-corrected chi connectivity index (χ0v) is 12.7. The molecule has 0 bridgehead atoms. The molecule has 0 aromatic heterocycles. The minimum Gasteiger partial charge on any atom is -0.330 e. The van der Waals surface area contributed by atoms with E-state index in [4.69, 9.17) is 5.73 Å². The van der Waals surface area contributed by atoms with E-state index < -0.39 is 0 Å². The number of nitrogens with two attached hydrogens (primary N) is 1. The number of hydrogen-bond donors (Lipinski definition) is 1. The Morgan fingerprint density at radius 2 is 1.82 bits per heavy atom. The fourth-order valence-electron chi connectivity index (χ4n) is 2.62. The molecule has 1 atom stereocenters. The van der Waals surface area contributed by atoms with Gasteiger partial charge in [-0.05, 0) is 51.0 Å². The molecule has 17 heavy (non-hydrogen) atoms. The first-order valence-corrected chi connectivity index (χ1v) is 7.29. The first-order valence-electron chi connectivity index (χ1n) is 7.29. The molecule has 0 fully saturated rings. The molecule has 102 valence electrons. The summed E-state index contributed by atoms with van der Waals surface area (Å²) in [6.45, 7) is 12.4. The van der Waals surface area contributed by atoms with Crippen LogP contribution in [0.5, 0.6) is 0 Å². The molecule has 1 nitrogen and oxygen atoms in total. The van der Waals surface area contributed by atoms with Gasteiger partial charge in [0.1, 0.15) is 0 Å². The largest absolute Gasteiger partial charge is 0.330 e. The van der Waals surface area contributed by atoms with E-state index in [0.29, 0.717) is 5.41 Å². The quantitative estimate of drug-likeness (QED) is 0.449. The number of hydrogen-bond acceptors (Lipinski definition) is 1. The second kappa shape index (κ2) is 8.74. The van der Waals surface area contributed by atoms with Crippen LogP contribution in [0.15, 0.2) is 11.6 Å². The third-order valence-corrected chi connectivity index (χ3v) is 3.65. The maximum Gasteiger partial charge on any atom is -0.00773 e. The molecule has 0 rings (SSSR count). The molecule has 2 N–H and O–H groups in total. The molecule has 0 saturated heterocycles. The van der Waals surface area contributed by atoms with Crippen LogP contribution in [0.2, 0.25) is 0 Å². The van der Waals surface area contributed by atoms with Crippen molar-refractivity contribution in [3.05, 3.63) is 11.6 Å². The van der Waals surface area contributed by atoms with Crippen molar-refractivity contribution in [2.75, 3.05) is 6.54 Å². The summed E-state index contributed by atoms with van der Waals surface area (Å²) in [6.07, 6.45) is 10.2. The molecule has 0 aliphatic carbocycles. The Bertz CT molecular complexity index is 212. The third kappa shape index (κ3) is 7.59. The molecule has 0 spiro atoms. The fourth-order valence-corrected chi connectivity index (χ4v) is 2.62. The molecule has 0 radical (unpaired) electrons. The van der Waals surface area contributed by atoms with E-state index in [1.54, 1.807) is 0 Å². The number of unbranched alkanes of at least 4 members (excludes halogenated alkanes) is 2. The first-order chi connectivity index (χ1) is 7.94. The van der Waals surface area contributed by atoms with E-state index >= 15 is 0 Å². The van der Waals surface area contributed by atoms with E-state index in [9.17, 15) is 0 Å². The van der Waals surface area contributed by atoms with E-state index in [0.717, 1.165) is 12.5 Å². The van der Waals surface area contributed by atoms with Gasteiger partial charge in [-0.1, -0.05) is 51.7 Å². The van der Waals surface area contributed by atoms with E-state index in [-0.39, 0.29) is 0 Å². The van der Waals surface area contributed by atoms with Gasteiger partial charge in [0.15, 0.2) is 0 Å². The lowest BCUT2D eigenvalue weighted by Crippen LogP contribution is -2.22. The maximum atomic E-state index is 5.55. The Morgan fingerprint density at radius 1 is 1.18 bits per heavy atom. The fraction of sp³-hybridized carbons (Fsp3) is 0.875. The summed E-state index contributed by atoms with van der Waals surface area (Å²) in [4.78, 5) is 0. The summed E-state index contributed by atoms with van der Waals surface area (Å²) in [5.41, 5.74) is 7.44. The molecule has 0 aromatic carbocycles. The van der Waals surface area contributed by atoms with Crippen LogP contribution in [0.4, 0.5) is 0 Å². The maximum absolute atomic E-state index is 5.55. The average molecular weight is 239 g/mol. The topological polar surface area (TPSA) is 26.0 Å². The van der Waals surface area contributed by atoms with Gasteiger partial charge in [0.25, 0.3) is 0 Å². The Labute approximate surface area is 109 Å². The van der Waals surface area contributed by atoms with Crippen LogP contribution < -0.4 is 5.73 Å². The van der Waals surface area contributed by atoms with Gasteiger partial charge >= 0.3 is 0 Å². The van der Waals surface area contributed by atoms with Gasteiger partial charge in [0.2, 0.25) is 0 Å². The second-order valence-electron chi connectivity index (χ2n) is 6.23. The third-order valence-electron chi connectivity index (χ3n) is 3.65. The lowest BCUT2D eigenvalue weighted by molar-refractivity contribution is 0.219. The monoisotopic (exact) mass is 239 g/mol. The summed E-state index contributed by atoms with van der Waals surface area (Å²) in [5, 5.41) is 0. The molecule has 1 unspecified atom stereocenters. The Kier molecular flexibility index (Phi) is 8.59. The molecule has 0 aromatic rings. The van der Waals surface area contributed by atoms with Gasteiger partial charge in [0, 0.05) is 0 Å². The van der Waals surface area contributed by atoms with E-state index in [1.165, 1.54) is 44.1 Å². The lowest BCUT2D eigenvalue weighted by Gasteiger charge is -2.33. The van der Waals surface area contributed by atoms with Crippen molar-refractivity contribution >= 4 is 0 Å². The summed E-state index contributed by atoms with van der Waals surface area (Å²) in [7, 11) is 0. The molecule has 0 aliphatic heterocycles. The van der Waals surface area contributed by atoms with E-state index in [2.05, 4.69) is 40.7 Å². The number of allylic oxidation sites excluding steroid dienone is 2. The van der Waals surface area contributed by atoms with Crippen molar-refractivity contribution in [2.45, 2.75) is 73.1 Å². The zero-order chi connectivity index (χ0) is 13.3. The van der Waals surface area contributed by atoms with Gasteiger partial charge < -0.3 is 5.73 Å². The highest BCUT2D eigenvalue weighted by Gasteiger charge is 2.26. The van der Waals surface area contributed by atoms with Crippen molar-refractivity contribution in [2.24, 2.45) is 17.1 Å². The summed E-state index contributed by atoms with van der Waals surface area (Å²) >= 11 is 0. The zero-order valence-electron chi connectivity index (χ0n) is 12.7. The van der Waals surface area contributed by atoms with Crippen LogP contribution in [-0.4, -0.2) is 6.54 Å². The van der Waals surface area contributed by atoms with Crippen LogP contribution in [0.3, 0.4) is 0 Å². The Balaban J connectivity index is 4.38. The van der Waals surface area contributed by atoms with Gasteiger partial charge in [0.05, 0.1) is 0 Å². The summed E-state index contributed by atoms with van der Waals surface area (Å²) in [6, 6.07) is 0. The molecular formula is C16H33N. The normalized spacial score (nSPS) is 13.5. The molecule has 1 heteroatoms. The SMILES string of the molecule is CCCC(C)(C)C(C=C(C)C)CCCCCN. The average Bonchev–Trinajstić information content (AvgIpc) is 2.22. The van der Waals surface area contributed by atoms with Crippen LogP contribution in [0.1, 0.15) is 73.1 Å². The standard InChI is InChI=1S/C16H33N/c1-6-11-16(4,5)15(13-14(2)3)10-8-7-9-12-17/h13,15H,6-12,17H2,1-5H3. The van der Waals surface area contributed by atoms with Gasteiger partial charge in [-0.25, -0.2) is 0 Å². The predicted octanol–water partition coefficient (Wildman–Crippen LogP) is 4.91. The van der Waals surface area contributed by atoms with Crippen LogP contribution in [0.25, 0.3) is 0 Å². The highest BCUT2D eigenvalue weighted by atomic mass is 14.5. The van der Waals surface area contributed by atoms with Gasteiger partial charge in [-0.2, -0.15) is 0 Å². The van der Waals surface area contributed by atoms with Crippen molar-refractivity contribution in [3.63, 3.8) is 0 Å². The van der Waals surface area contributed by atoms with Crippen molar-refractivity contribution in [1.82, 2.24) is 0 Å². The van der Waals surface area contributed by atoms with Crippen molar-refractivity contribution in [1.29, 1.82) is 0 Å². The van der Waals surface area contributed by atoms with E-state index in [1.807, 2.05) is 0 Å². The lowest BCUT2D eigenvalue weighted by atomic mass is 9.72.